The van der Waals surface area contributed by atoms with Crippen LogP contribution in [-0.4, -0.2) is 23.4 Å². The van der Waals surface area contributed by atoms with Crippen molar-refractivity contribution in [1.82, 2.24) is 0 Å². The van der Waals surface area contributed by atoms with Crippen molar-refractivity contribution in [3.05, 3.63) is 29.3 Å². The Morgan fingerprint density at radius 2 is 1.95 bits per heavy atom. The number of hydrogen-bond acceptors (Lipinski definition) is 4. The van der Waals surface area contributed by atoms with E-state index < -0.39 is 12.0 Å². The summed E-state index contributed by atoms with van der Waals surface area (Å²) in [7, 11) is 0. The molecule has 1 aromatic rings. The number of carbonyl (C=O) groups is 1. The van der Waals surface area contributed by atoms with Crippen molar-refractivity contribution in [1.29, 1.82) is 0 Å². The molecule has 1 unspecified atom stereocenters. The second kappa shape index (κ2) is 8.93. The van der Waals surface area contributed by atoms with Crippen molar-refractivity contribution in [3.8, 4) is 0 Å². The molecule has 0 amide bonds. The zero-order chi connectivity index (χ0) is 13.7. The summed E-state index contributed by atoms with van der Waals surface area (Å²) in [6.45, 7) is 3.53. The molecule has 0 bridgehead atoms. The van der Waals surface area contributed by atoms with Crippen molar-refractivity contribution in [2.24, 2.45) is 0 Å². The predicted octanol–water partition coefficient (Wildman–Crippen LogP) is -0.933. The van der Waals surface area contributed by atoms with Crippen LogP contribution >= 0.6 is 23.8 Å². The zero-order valence-electron chi connectivity index (χ0n) is 11.3. The van der Waals surface area contributed by atoms with E-state index in [4.69, 9.17) is 23.8 Å². The molecule has 0 aliphatic carbocycles. The fourth-order valence-corrected chi connectivity index (χ4v) is 2.24. The van der Waals surface area contributed by atoms with E-state index in [9.17, 15) is 9.90 Å². The van der Waals surface area contributed by atoms with Crippen molar-refractivity contribution in [2.45, 2.75) is 32.4 Å². The van der Waals surface area contributed by atoms with Crippen LogP contribution in [0, 0.1) is 0 Å². The maximum absolute atomic E-state index is 11.1. The Hall–Kier alpha value is -0.130. The Morgan fingerprint density at radius 1 is 1.42 bits per heavy atom. The monoisotopic (exact) mass is 307 g/mol. The summed E-state index contributed by atoms with van der Waals surface area (Å²) >= 11 is 10.7. The smallest absolute Gasteiger partial charge is 0.548 e. The molecule has 1 rings (SSSR count). The second-order valence-electron chi connectivity index (χ2n) is 4.13. The van der Waals surface area contributed by atoms with Crippen LogP contribution in [0.5, 0.6) is 0 Å². The Kier molecular flexibility index (Phi) is 8.86. The van der Waals surface area contributed by atoms with Crippen LogP contribution in [0.1, 0.15) is 20.3 Å². The van der Waals surface area contributed by atoms with Gasteiger partial charge in [-0.2, -0.15) is 0 Å². The standard InChI is InChI=1S/C13H16ClNO2S.Na/c1-9(7-8-18)15(10(2)13(16)17)12-5-3-11(14)4-6-12;/h3-6,8-10H,7H2,1-2H3,(H,16,17);/q;+1/p-1/t9?,10-;/m0./s1. The molecular weight excluding hydrogens is 293 g/mol. The Bertz CT molecular complexity index is 427. The fraction of sp³-hybridized carbons (Fsp3) is 0.385. The Balaban J connectivity index is 0.00000324. The van der Waals surface area contributed by atoms with Crippen molar-refractivity contribution < 1.29 is 39.5 Å². The summed E-state index contributed by atoms with van der Waals surface area (Å²) in [5.74, 6) is -1.11. The number of hydrogen-bond donors (Lipinski definition) is 0. The van der Waals surface area contributed by atoms with Crippen LogP contribution in [0.25, 0.3) is 0 Å². The summed E-state index contributed by atoms with van der Waals surface area (Å²) in [4.78, 5) is 12.8. The molecule has 6 heteroatoms. The molecule has 0 spiro atoms. The van der Waals surface area contributed by atoms with Crippen molar-refractivity contribution in [3.63, 3.8) is 0 Å². The van der Waals surface area contributed by atoms with Crippen LogP contribution in [-0.2, 0) is 4.79 Å². The molecule has 1 aromatic carbocycles. The molecule has 3 nitrogen and oxygen atoms in total. The largest absolute Gasteiger partial charge is 1.00 e. The average molecular weight is 308 g/mol. The van der Waals surface area contributed by atoms with Gasteiger partial charge in [0, 0.05) is 16.8 Å². The van der Waals surface area contributed by atoms with Crippen LogP contribution in [0.15, 0.2) is 24.3 Å². The second-order valence-corrected chi connectivity index (χ2v) is 4.90. The predicted molar refractivity (Wildman–Crippen MR) is 76.1 cm³/mol. The van der Waals surface area contributed by atoms with E-state index in [1.54, 1.807) is 41.5 Å². The maximum atomic E-state index is 11.1. The number of thiocarbonyl (C=S) groups is 1. The summed E-state index contributed by atoms with van der Waals surface area (Å²) in [6, 6.07) is 6.31. The quantitative estimate of drug-likeness (QED) is 0.503. The Labute approximate surface area is 146 Å². The third kappa shape index (κ3) is 5.40. The minimum atomic E-state index is -1.11. The first-order valence-corrected chi connectivity index (χ1v) is 6.50. The van der Waals surface area contributed by atoms with E-state index >= 15 is 0 Å². The van der Waals surface area contributed by atoms with Gasteiger partial charge in [0.15, 0.2) is 0 Å². The molecular formula is C13H15ClNNaO2S. The number of carbonyl (C=O) groups excluding carboxylic acids is 1. The molecule has 0 N–H and O–H groups in total. The van der Waals surface area contributed by atoms with E-state index in [-0.39, 0.29) is 35.6 Å². The van der Waals surface area contributed by atoms with Crippen molar-refractivity contribution in [2.75, 3.05) is 4.90 Å². The van der Waals surface area contributed by atoms with Crippen LogP contribution < -0.4 is 39.6 Å². The van der Waals surface area contributed by atoms with Crippen molar-refractivity contribution >= 4 is 40.8 Å². The number of carboxylic acids is 1. The van der Waals surface area contributed by atoms with Gasteiger partial charge in [-0.1, -0.05) is 23.8 Å². The van der Waals surface area contributed by atoms with Gasteiger partial charge in [0.05, 0.1) is 12.0 Å². The van der Waals surface area contributed by atoms with Gasteiger partial charge >= 0.3 is 29.6 Å². The molecule has 0 radical (unpaired) electrons. The zero-order valence-corrected chi connectivity index (χ0v) is 14.9. The van der Waals surface area contributed by atoms with Gasteiger partial charge in [0.25, 0.3) is 0 Å². The first-order valence-electron chi connectivity index (χ1n) is 5.65. The number of nitrogens with zero attached hydrogens (tertiary/aromatic N) is 1. The number of rotatable bonds is 6. The van der Waals surface area contributed by atoms with Gasteiger partial charge in [0.2, 0.25) is 0 Å². The van der Waals surface area contributed by atoms with E-state index in [1.165, 1.54) is 0 Å². The molecule has 19 heavy (non-hydrogen) atoms. The van der Waals surface area contributed by atoms with Gasteiger partial charge in [0.1, 0.15) is 0 Å². The van der Waals surface area contributed by atoms with E-state index in [0.717, 1.165) is 5.69 Å². The number of benzene rings is 1. The number of aliphatic carboxylic acids is 1. The number of anilines is 1. The molecule has 0 saturated carbocycles. The van der Waals surface area contributed by atoms with Gasteiger partial charge in [-0.15, -0.1) is 0 Å². The maximum Gasteiger partial charge on any atom is 1.00 e. The molecule has 0 aromatic heterocycles. The summed E-state index contributed by atoms with van der Waals surface area (Å²) in [6.07, 6.45) is 0.621. The summed E-state index contributed by atoms with van der Waals surface area (Å²) in [5.41, 5.74) is 0.792. The van der Waals surface area contributed by atoms with Crippen LogP contribution in [0.4, 0.5) is 5.69 Å². The molecule has 0 saturated heterocycles. The number of halogens is 1. The molecule has 0 aliphatic heterocycles. The molecule has 0 aliphatic rings. The van der Waals surface area contributed by atoms with E-state index in [1.807, 2.05) is 6.92 Å². The molecule has 98 valence electrons. The van der Waals surface area contributed by atoms with Gasteiger partial charge < -0.3 is 14.8 Å². The first-order chi connectivity index (χ1) is 8.47. The fourth-order valence-electron chi connectivity index (χ4n) is 1.84. The topological polar surface area (TPSA) is 43.4 Å². The van der Waals surface area contributed by atoms with Crippen LogP contribution in [0.3, 0.4) is 0 Å². The SMILES string of the molecule is CC(CC=S)N(c1ccc(Cl)cc1)[C@@H](C)C(=O)[O-].[Na+]. The molecule has 0 fully saturated rings. The minimum absolute atomic E-state index is 0. The van der Waals surface area contributed by atoms with Gasteiger partial charge in [-0.25, -0.2) is 0 Å². The average Bonchev–Trinajstić information content (AvgIpc) is 2.32. The Morgan fingerprint density at radius 3 is 2.37 bits per heavy atom. The third-order valence-electron chi connectivity index (χ3n) is 2.80. The minimum Gasteiger partial charge on any atom is -0.548 e. The van der Waals surface area contributed by atoms with Crippen LogP contribution in [0.2, 0.25) is 5.02 Å². The van der Waals surface area contributed by atoms with Gasteiger partial charge in [-0.05, 0) is 49.9 Å². The molecule has 2 atom stereocenters. The summed E-state index contributed by atoms with van der Waals surface area (Å²) in [5, 5.41) is 13.3. The van der Waals surface area contributed by atoms with E-state index in [2.05, 4.69) is 0 Å². The van der Waals surface area contributed by atoms with Gasteiger partial charge in [-0.3, -0.25) is 0 Å². The first kappa shape index (κ1) is 18.9. The molecule has 0 heterocycles. The normalized spacial score (nSPS) is 13.0. The third-order valence-corrected chi connectivity index (χ3v) is 3.24. The van der Waals surface area contributed by atoms with E-state index in [0.29, 0.717) is 11.4 Å². The summed E-state index contributed by atoms with van der Waals surface area (Å²) < 4.78 is 0. The number of carboxylic acid groups (broad SMARTS) is 1.